The summed E-state index contributed by atoms with van der Waals surface area (Å²) in [6, 6.07) is 17.8. The Morgan fingerprint density at radius 1 is 1.04 bits per heavy atom. The summed E-state index contributed by atoms with van der Waals surface area (Å²) in [5.41, 5.74) is 2.38. The maximum absolute atomic E-state index is 11.7. The van der Waals surface area contributed by atoms with Gasteiger partial charge in [-0.2, -0.15) is 5.10 Å². The lowest BCUT2D eigenvalue weighted by Gasteiger charge is -2.04. The van der Waals surface area contributed by atoms with Crippen LogP contribution in [-0.4, -0.2) is 18.7 Å². The van der Waals surface area contributed by atoms with Gasteiger partial charge in [0, 0.05) is 14.9 Å². The highest BCUT2D eigenvalue weighted by molar-refractivity contribution is 7.99. The van der Waals surface area contributed by atoms with Crippen LogP contribution in [0.4, 0.5) is 0 Å². The summed E-state index contributed by atoms with van der Waals surface area (Å²) in [6.45, 7) is -0.158. The van der Waals surface area contributed by atoms with Crippen LogP contribution in [0.15, 0.2) is 80.2 Å². The monoisotopic (exact) mass is 420 g/mol. The second kappa shape index (κ2) is 9.50. The van der Waals surface area contributed by atoms with E-state index in [1.807, 2.05) is 30.3 Å². The smallest absolute Gasteiger partial charge is 0.277 e. The maximum atomic E-state index is 11.7. The molecular formula is C19H14Cl2N2O3S. The number of rotatable bonds is 7. The zero-order valence-corrected chi connectivity index (χ0v) is 16.2. The third-order valence-corrected chi connectivity index (χ3v) is 4.63. The van der Waals surface area contributed by atoms with Crippen molar-refractivity contribution in [2.24, 2.45) is 5.10 Å². The van der Waals surface area contributed by atoms with Crippen LogP contribution >= 0.6 is 35.0 Å². The number of halogens is 2. The highest BCUT2D eigenvalue weighted by Crippen LogP contribution is 2.29. The summed E-state index contributed by atoms with van der Waals surface area (Å²) in [5, 5.41) is 5.84. The Bertz CT molecular complexity index is 925. The van der Waals surface area contributed by atoms with Gasteiger partial charge in [-0.1, -0.05) is 35.0 Å². The van der Waals surface area contributed by atoms with Gasteiger partial charge in [0.25, 0.3) is 5.91 Å². The molecule has 0 bridgehead atoms. The Morgan fingerprint density at radius 2 is 1.70 bits per heavy atom. The minimum absolute atomic E-state index is 0.158. The summed E-state index contributed by atoms with van der Waals surface area (Å²) in [5.74, 6) is 0.683. The molecule has 0 saturated heterocycles. The summed E-state index contributed by atoms with van der Waals surface area (Å²) < 4.78 is 10.9. The zero-order chi connectivity index (χ0) is 19.1. The molecule has 8 heteroatoms. The third kappa shape index (κ3) is 6.36. The first-order valence-electron chi connectivity index (χ1n) is 7.82. The zero-order valence-electron chi connectivity index (χ0n) is 13.9. The van der Waals surface area contributed by atoms with Crippen molar-refractivity contribution in [1.82, 2.24) is 5.43 Å². The molecule has 1 heterocycles. The average molecular weight is 421 g/mol. The number of nitrogens with one attached hydrogen (secondary N) is 1. The molecule has 2 aromatic carbocycles. The van der Waals surface area contributed by atoms with Crippen molar-refractivity contribution in [2.75, 3.05) is 6.61 Å². The van der Waals surface area contributed by atoms with Crippen LogP contribution in [0.3, 0.4) is 0 Å². The molecule has 1 N–H and O–H groups in total. The molecule has 0 saturated carbocycles. The maximum Gasteiger partial charge on any atom is 0.277 e. The Balaban J connectivity index is 1.45. The lowest BCUT2D eigenvalue weighted by Crippen LogP contribution is -2.24. The molecule has 0 aliphatic carbocycles. The molecule has 0 fully saturated rings. The molecule has 5 nitrogen and oxygen atoms in total. The number of benzene rings is 2. The molecule has 0 unspecified atom stereocenters. The third-order valence-electron chi connectivity index (χ3n) is 3.20. The first-order chi connectivity index (χ1) is 13.1. The molecule has 0 aliphatic heterocycles. The molecule has 138 valence electrons. The number of carbonyl (C=O) groups is 1. The molecular weight excluding hydrogens is 407 g/mol. The lowest BCUT2D eigenvalue weighted by molar-refractivity contribution is -0.123. The molecule has 27 heavy (non-hydrogen) atoms. The lowest BCUT2D eigenvalue weighted by atomic mass is 10.3. The fourth-order valence-corrected chi connectivity index (χ4v) is 2.99. The van der Waals surface area contributed by atoms with Gasteiger partial charge in [-0.3, -0.25) is 4.79 Å². The molecule has 0 spiro atoms. The van der Waals surface area contributed by atoms with E-state index >= 15 is 0 Å². The number of hydrogen-bond acceptors (Lipinski definition) is 5. The Hall–Kier alpha value is -2.41. The molecule has 3 aromatic rings. The van der Waals surface area contributed by atoms with E-state index in [0.29, 0.717) is 26.6 Å². The number of nitrogens with zero attached hydrogens (tertiary/aromatic N) is 1. The molecule has 3 rings (SSSR count). The van der Waals surface area contributed by atoms with Crippen LogP contribution in [0.1, 0.15) is 5.76 Å². The minimum atomic E-state index is -0.386. The van der Waals surface area contributed by atoms with Gasteiger partial charge in [-0.25, -0.2) is 5.43 Å². The number of hydrogen-bond donors (Lipinski definition) is 1. The van der Waals surface area contributed by atoms with E-state index in [0.717, 1.165) is 4.90 Å². The standard InChI is InChI=1S/C19H14Cl2N2O3S/c20-13-1-5-15(6-2-13)25-12-18(24)23-22-11-16-7-10-19(26-16)27-17-8-3-14(21)4-9-17/h1-11H,12H2,(H,23,24)/b22-11-. The van der Waals surface area contributed by atoms with Gasteiger partial charge < -0.3 is 9.15 Å². The van der Waals surface area contributed by atoms with Crippen molar-refractivity contribution < 1.29 is 13.9 Å². The van der Waals surface area contributed by atoms with Gasteiger partial charge >= 0.3 is 0 Å². The van der Waals surface area contributed by atoms with Gasteiger partial charge in [0.1, 0.15) is 11.5 Å². The van der Waals surface area contributed by atoms with Gasteiger partial charge in [-0.05, 0) is 60.7 Å². The van der Waals surface area contributed by atoms with Gasteiger partial charge in [0.05, 0.1) is 6.21 Å². The molecule has 0 radical (unpaired) electrons. The Labute approximate surface area is 170 Å². The molecule has 0 atom stereocenters. The summed E-state index contributed by atoms with van der Waals surface area (Å²) in [6.07, 6.45) is 1.42. The first-order valence-corrected chi connectivity index (χ1v) is 9.39. The van der Waals surface area contributed by atoms with Crippen LogP contribution in [0.25, 0.3) is 0 Å². The normalized spacial score (nSPS) is 10.9. The van der Waals surface area contributed by atoms with Crippen molar-refractivity contribution in [3.63, 3.8) is 0 Å². The fourth-order valence-electron chi connectivity index (χ4n) is 1.96. The Kier molecular flexibility index (Phi) is 6.81. The number of furan rings is 1. The number of ether oxygens (including phenoxy) is 1. The highest BCUT2D eigenvalue weighted by Gasteiger charge is 2.04. The van der Waals surface area contributed by atoms with Crippen LogP contribution in [-0.2, 0) is 4.79 Å². The van der Waals surface area contributed by atoms with E-state index in [4.69, 9.17) is 32.4 Å². The average Bonchev–Trinajstić information content (AvgIpc) is 3.10. The number of carbonyl (C=O) groups excluding carboxylic acids is 1. The van der Waals surface area contributed by atoms with Crippen LogP contribution in [0.5, 0.6) is 5.75 Å². The highest BCUT2D eigenvalue weighted by atomic mass is 35.5. The van der Waals surface area contributed by atoms with Gasteiger partial charge in [0.2, 0.25) is 0 Å². The molecule has 1 amide bonds. The van der Waals surface area contributed by atoms with Crippen LogP contribution < -0.4 is 10.2 Å². The van der Waals surface area contributed by atoms with E-state index in [-0.39, 0.29) is 12.5 Å². The first kappa shape index (κ1) is 19.4. The van der Waals surface area contributed by atoms with Crippen molar-refractivity contribution in [3.8, 4) is 5.75 Å². The van der Waals surface area contributed by atoms with Crippen LogP contribution in [0, 0.1) is 0 Å². The Morgan fingerprint density at radius 3 is 2.41 bits per heavy atom. The van der Waals surface area contributed by atoms with E-state index in [1.165, 1.54) is 18.0 Å². The minimum Gasteiger partial charge on any atom is -0.484 e. The predicted octanol–water partition coefficient (Wildman–Crippen LogP) is 5.27. The SMILES string of the molecule is O=C(COc1ccc(Cl)cc1)N/N=C\c1ccc(Sc2ccc(Cl)cc2)o1. The van der Waals surface area contributed by atoms with Crippen molar-refractivity contribution in [3.05, 3.63) is 76.5 Å². The predicted molar refractivity (Wildman–Crippen MR) is 107 cm³/mol. The summed E-state index contributed by atoms with van der Waals surface area (Å²) >= 11 is 13.1. The fraction of sp³-hybridized carbons (Fsp3) is 0.0526. The van der Waals surface area contributed by atoms with E-state index in [1.54, 1.807) is 30.3 Å². The summed E-state index contributed by atoms with van der Waals surface area (Å²) in [4.78, 5) is 12.7. The van der Waals surface area contributed by atoms with Crippen molar-refractivity contribution >= 4 is 47.1 Å². The van der Waals surface area contributed by atoms with E-state index in [9.17, 15) is 4.79 Å². The topological polar surface area (TPSA) is 63.8 Å². The largest absolute Gasteiger partial charge is 0.484 e. The number of amides is 1. The second-order valence-corrected chi connectivity index (χ2v) is 7.20. The van der Waals surface area contributed by atoms with Crippen molar-refractivity contribution in [1.29, 1.82) is 0 Å². The van der Waals surface area contributed by atoms with Crippen molar-refractivity contribution in [2.45, 2.75) is 9.99 Å². The van der Waals surface area contributed by atoms with Gasteiger partial charge in [-0.15, -0.1) is 0 Å². The second-order valence-electron chi connectivity index (χ2n) is 5.25. The van der Waals surface area contributed by atoms with Gasteiger partial charge in [0.15, 0.2) is 11.7 Å². The van der Waals surface area contributed by atoms with E-state index < -0.39 is 0 Å². The quantitative estimate of drug-likeness (QED) is 0.417. The summed E-state index contributed by atoms with van der Waals surface area (Å²) in [7, 11) is 0. The number of hydrazone groups is 1. The molecule has 0 aliphatic rings. The van der Waals surface area contributed by atoms with E-state index in [2.05, 4.69) is 10.5 Å². The molecule has 1 aromatic heterocycles. The van der Waals surface area contributed by atoms with Crippen LogP contribution in [0.2, 0.25) is 10.0 Å².